The average Bonchev–Trinajstić information content (AvgIpc) is 2.87. The van der Waals surface area contributed by atoms with Crippen molar-refractivity contribution in [2.24, 2.45) is 0 Å². The Morgan fingerprint density at radius 1 is 1.13 bits per heavy atom. The number of aromatic amines is 1. The molecule has 2 aromatic rings. The highest BCUT2D eigenvalue weighted by Gasteiger charge is 2.29. The van der Waals surface area contributed by atoms with Crippen LogP contribution in [0.3, 0.4) is 0 Å². The van der Waals surface area contributed by atoms with Crippen LogP contribution in [0, 0.1) is 6.92 Å². The Kier molecular flexibility index (Phi) is 4.78. The van der Waals surface area contributed by atoms with E-state index in [2.05, 4.69) is 4.98 Å². The molecule has 0 spiro atoms. The Hall–Kier alpha value is -2.30. The van der Waals surface area contributed by atoms with Crippen molar-refractivity contribution in [3.63, 3.8) is 0 Å². The summed E-state index contributed by atoms with van der Waals surface area (Å²) in [7, 11) is 1.59. The van der Waals surface area contributed by atoms with Crippen molar-refractivity contribution in [2.75, 3.05) is 7.11 Å². The Morgan fingerprint density at radius 3 is 2.26 bits per heavy atom. The standard InChI is InChI=1S/C18H24N2O3/c1-10(2)20(11(3)4)18(22)17(21)14-9-19-15-7-12(5)16(23-6)8-13(14)15/h7-11,19H,1-6H3. The summed E-state index contributed by atoms with van der Waals surface area (Å²) in [6.07, 6.45) is 1.60. The minimum absolute atomic E-state index is 0.0339. The molecule has 5 nitrogen and oxygen atoms in total. The zero-order valence-corrected chi connectivity index (χ0v) is 14.6. The molecule has 1 amide bonds. The predicted octanol–water partition coefficient (Wildman–Crippen LogP) is 3.31. The van der Waals surface area contributed by atoms with Crippen LogP contribution < -0.4 is 4.74 Å². The Balaban J connectivity index is 2.47. The van der Waals surface area contributed by atoms with Gasteiger partial charge in [-0.25, -0.2) is 0 Å². The molecule has 1 aromatic heterocycles. The lowest BCUT2D eigenvalue weighted by molar-refractivity contribution is -0.129. The number of aryl methyl sites for hydroxylation is 1. The van der Waals surface area contributed by atoms with Gasteiger partial charge < -0.3 is 14.6 Å². The number of hydrogen-bond acceptors (Lipinski definition) is 3. The fourth-order valence-corrected chi connectivity index (χ4v) is 2.96. The number of amides is 1. The van der Waals surface area contributed by atoms with Crippen LogP contribution in [-0.4, -0.2) is 40.8 Å². The van der Waals surface area contributed by atoms with Crippen LogP contribution in [0.1, 0.15) is 43.6 Å². The maximum Gasteiger partial charge on any atom is 0.295 e. The molecule has 5 heteroatoms. The zero-order chi connectivity index (χ0) is 17.3. The van der Waals surface area contributed by atoms with Crippen LogP contribution in [-0.2, 0) is 4.79 Å². The van der Waals surface area contributed by atoms with E-state index in [0.29, 0.717) is 16.7 Å². The molecule has 0 unspecified atom stereocenters. The number of carbonyl (C=O) groups is 2. The highest BCUT2D eigenvalue weighted by molar-refractivity contribution is 6.45. The van der Waals surface area contributed by atoms with Gasteiger partial charge in [-0.1, -0.05) is 0 Å². The van der Waals surface area contributed by atoms with Crippen LogP contribution in [0.4, 0.5) is 0 Å². The van der Waals surface area contributed by atoms with Gasteiger partial charge >= 0.3 is 0 Å². The first-order valence-electron chi connectivity index (χ1n) is 7.80. The van der Waals surface area contributed by atoms with Gasteiger partial charge in [0.15, 0.2) is 0 Å². The summed E-state index contributed by atoms with van der Waals surface area (Å²) in [4.78, 5) is 30.0. The van der Waals surface area contributed by atoms with Crippen molar-refractivity contribution in [2.45, 2.75) is 46.7 Å². The van der Waals surface area contributed by atoms with Gasteiger partial charge in [0, 0.05) is 29.2 Å². The van der Waals surface area contributed by atoms with E-state index in [1.165, 1.54) is 0 Å². The quantitative estimate of drug-likeness (QED) is 0.680. The number of nitrogens with zero attached hydrogens (tertiary/aromatic N) is 1. The Bertz CT molecular complexity index is 736. The molecule has 1 heterocycles. The number of ketones is 1. The van der Waals surface area contributed by atoms with Gasteiger partial charge in [-0.05, 0) is 52.3 Å². The predicted molar refractivity (Wildman–Crippen MR) is 91.0 cm³/mol. The first-order valence-corrected chi connectivity index (χ1v) is 7.80. The summed E-state index contributed by atoms with van der Waals surface area (Å²) < 4.78 is 5.32. The van der Waals surface area contributed by atoms with Crippen molar-refractivity contribution in [1.29, 1.82) is 0 Å². The number of hydrogen-bond donors (Lipinski definition) is 1. The van der Waals surface area contributed by atoms with Gasteiger partial charge in [0.05, 0.1) is 12.7 Å². The van der Waals surface area contributed by atoms with E-state index in [4.69, 9.17) is 4.74 Å². The molecule has 2 rings (SSSR count). The summed E-state index contributed by atoms with van der Waals surface area (Å²) in [5, 5.41) is 0.707. The number of ether oxygens (including phenoxy) is 1. The lowest BCUT2D eigenvalue weighted by atomic mass is 10.0. The maximum absolute atomic E-state index is 12.7. The van der Waals surface area contributed by atoms with Crippen molar-refractivity contribution >= 4 is 22.6 Å². The monoisotopic (exact) mass is 316 g/mol. The fraction of sp³-hybridized carbons (Fsp3) is 0.444. The highest BCUT2D eigenvalue weighted by atomic mass is 16.5. The largest absolute Gasteiger partial charge is 0.496 e. The number of benzene rings is 1. The molecule has 0 saturated carbocycles. The molecule has 0 fully saturated rings. The number of nitrogens with one attached hydrogen (secondary N) is 1. The van der Waals surface area contributed by atoms with E-state index in [-0.39, 0.29) is 12.1 Å². The van der Waals surface area contributed by atoms with E-state index in [0.717, 1.165) is 11.1 Å². The van der Waals surface area contributed by atoms with Crippen molar-refractivity contribution < 1.29 is 14.3 Å². The van der Waals surface area contributed by atoms with E-state index in [1.54, 1.807) is 24.3 Å². The molecule has 23 heavy (non-hydrogen) atoms. The molecule has 1 N–H and O–H groups in total. The Morgan fingerprint density at radius 2 is 1.74 bits per heavy atom. The lowest BCUT2D eigenvalue weighted by Crippen LogP contribution is -2.45. The number of aromatic nitrogens is 1. The third kappa shape index (κ3) is 3.09. The molecular weight excluding hydrogens is 292 g/mol. The van der Waals surface area contributed by atoms with E-state index < -0.39 is 11.7 Å². The van der Waals surface area contributed by atoms with E-state index in [1.807, 2.05) is 40.7 Å². The molecular formula is C18H24N2O3. The third-order valence-corrected chi connectivity index (χ3v) is 3.98. The van der Waals surface area contributed by atoms with Crippen molar-refractivity contribution in [3.8, 4) is 5.75 Å². The van der Waals surface area contributed by atoms with Gasteiger partial charge in [0.25, 0.3) is 11.7 Å². The highest BCUT2D eigenvalue weighted by Crippen LogP contribution is 2.28. The Labute approximate surface area is 136 Å². The molecule has 0 saturated heterocycles. The maximum atomic E-state index is 12.7. The normalized spacial score (nSPS) is 11.3. The second kappa shape index (κ2) is 6.44. The number of Topliss-reactive ketones (excluding diaryl/α,β-unsaturated/α-hetero) is 1. The fourth-order valence-electron chi connectivity index (χ4n) is 2.96. The molecule has 124 valence electrons. The minimum atomic E-state index is -0.496. The first-order chi connectivity index (χ1) is 10.8. The number of rotatable bonds is 5. The number of fused-ring (bicyclic) bond motifs is 1. The topological polar surface area (TPSA) is 62.4 Å². The molecule has 0 aliphatic rings. The zero-order valence-electron chi connectivity index (χ0n) is 14.6. The smallest absolute Gasteiger partial charge is 0.295 e. The lowest BCUT2D eigenvalue weighted by Gasteiger charge is -2.29. The second-order valence-electron chi connectivity index (χ2n) is 6.30. The van der Waals surface area contributed by atoms with Crippen LogP contribution in [0.15, 0.2) is 18.3 Å². The van der Waals surface area contributed by atoms with E-state index in [9.17, 15) is 9.59 Å². The first kappa shape index (κ1) is 17.1. The number of carbonyl (C=O) groups excluding carboxylic acids is 2. The molecule has 0 aliphatic heterocycles. The second-order valence-corrected chi connectivity index (χ2v) is 6.30. The van der Waals surface area contributed by atoms with Gasteiger partial charge in [0.1, 0.15) is 5.75 Å². The van der Waals surface area contributed by atoms with Gasteiger partial charge in [-0.15, -0.1) is 0 Å². The average molecular weight is 316 g/mol. The summed E-state index contributed by atoms with van der Waals surface area (Å²) in [6, 6.07) is 3.65. The van der Waals surface area contributed by atoms with Crippen LogP contribution in [0.2, 0.25) is 0 Å². The number of methoxy groups -OCH3 is 1. The summed E-state index contributed by atoms with van der Waals surface area (Å²) in [5.41, 5.74) is 2.17. The van der Waals surface area contributed by atoms with Crippen LogP contribution in [0.25, 0.3) is 10.9 Å². The molecule has 0 radical (unpaired) electrons. The summed E-state index contributed by atoms with van der Waals surface area (Å²) in [5.74, 6) is -0.275. The van der Waals surface area contributed by atoms with Gasteiger partial charge in [-0.2, -0.15) is 0 Å². The molecule has 1 aromatic carbocycles. The van der Waals surface area contributed by atoms with E-state index >= 15 is 0 Å². The number of H-pyrrole nitrogens is 1. The molecule has 0 atom stereocenters. The van der Waals surface area contributed by atoms with Crippen molar-refractivity contribution in [3.05, 3.63) is 29.5 Å². The van der Waals surface area contributed by atoms with Crippen LogP contribution >= 0.6 is 0 Å². The molecule has 0 aliphatic carbocycles. The summed E-state index contributed by atoms with van der Waals surface area (Å²) in [6.45, 7) is 9.57. The summed E-state index contributed by atoms with van der Waals surface area (Å²) >= 11 is 0. The third-order valence-electron chi connectivity index (χ3n) is 3.98. The minimum Gasteiger partial charge on any atom is -0.496 e. The molecule has 0 bridgehead atoms. The van der Waals surface area contributed by atoms with Crippen LogP contribution in [0.5, 0.6) is 5.75 Å². The van der Waals surface area contributed by atoms with Gasteiger partial charge in [-0.3, -0.25) is 9.59 Å². The van der Waals surface area contributed by atoms with Crippen molar-refractivity contribution in [1.82, 2.24) is 9.88 Å². The van der Waals surface area contributed by atoms with Gasteiger partial charge in [0.2, 0.25) is 0 Å². The SMILES string of the molecule is COc1cc2c(C(=O)C(=O)N(C(C)C)C(C)C)c[nH]c2cc1C.